The molecule has 2 N–H and O–H groups in total. The average molecular weight is 275 g/mol. The number of carbonyl (C=O) groups excluding carboxylic acids is 1. The number of benzene rings is 2. The van der Waals surface area contributed by atoms with Gasteiger partial charge in [-0.3, -0.25) is 4.79 Å². The molecule has 0 spiro atoms. The molecule has 1 aliphatic rings. The van der Waals surface area contributed by atoms with Crippen molar-refractivity contribution >= 4 is 24.0 Å². The molecular formula is C15H15ClN2O. The van der Waals surface area contributed by atoms with Gasteiger partial charge in [-0.25, -0.2) is 0 Å². The Balaban J connectivity index is 0.00000133. The molecule has 4 heteroatoms. The van der Waals surface area contributed by atoms with E-state index in [2.05, 4.69) is 0 Å². The van der Waals surface area contributed by atoms with Crippen LogP contribution in [0.1, 0.15) is 11.6 Å². The lowest BCUT2D eigenvalue weighted by molar-refractivity contribution is -0.119. The van der Waals surface area contributed by atoms with Crippen LogP contribution in [0.4, 0.5) is 5.69 Å². The van der Waals surface area contributed by atoms with Crippen molar-refractivity contribution in [3.8, 4) is 11.1 Å². The Morgan fingerprint density at radius 1 is 1.00 bits per heavy atom. The van der Waals surface area contributed by atoms with Crippen molar-refractivity contribution in [3.05, 3.63) is 54.1 Å². The number of rotatable bonds is 0. The molecule has 0 bridgehead atoms. The number of anilines is 1. The standard InChI is InChI=1S/C15H14N2O.ClH/c1-17-13-9-5-4-7-11(13)10-6-2-3-8-12(10)14(16)15(17)18;/h2-9,14H,16H2,1H3;1H. The summed E-state index contributed by atoms with van der Waals surface area (Å²) in [5.41, 5.74) is 9.95. The number of halogens is 1. The summed E-state index contributed by atoms with van der Waals surface area (Å²) in [5, 5.41) is 0. The van der Waals surface area contributed by atoms with Crippen LogP contribution in [0.25, 0.3) is 11.1 Å². The second-order valence-electron chi connectivity index (χ2n) is 4.48. The van der Waals surface area contributed by atoms with Gasteiger partial charge < -0.3 is 10.6 Å². The Morgan fingerprint density at radius 3 is 2.32 bits per heavy atom. The van der Waals surface area contributed by atoms with E-state index in [0.29, 0.717) is 0 Å². The smallest absolute Gasteiger partial charge is 0.248 e. The molecule has 2 aromatic carbocycles. The number of nitrogens with two attached hydrogens (primary N) is 1. The molecule has 0 saturated carbocycles. The Hall–Kier alpha value is -1.84. The highest BCUT2D eigenvalue weighted by atomic mass is 35.5. The van der Waals surface area contributed by atoms with E-state index in [9.17, 15) is 4.79 Å². The lowest BCUT2D eigenvalue weighted by Gasteiger charge is -2.19. The van der Waals surface area contributed by atoms with Crippen molar-refractivity contribution in [1.82, 2.24) is 0 Å². The van der Waals surface area contributed by atoms with Crippen molar-refractivity contribution in [2.24, 2.45) is 5.73 Å². The van der Waals surface area contributed by atoms with Gasteiger partial charge in [0.25, 0.3) is 0 Å². The third-order valence-corrected chi connectivity index (χ3v) is 3.45. The zero-order valence-corrected chi connectivity index (χ0v) is 11.4. The Labute approximate surface area is 118 Å². The van der Waals surface area contributed by atoms with Gasteiger partial charge in [-0.05, 0) is 17.2 Å². The van der Waals surface area contributed by atoms with Gasteiger partial charge in [-0.1, -0.05) is 42.5 Å². The summed E-state index contributed by atoms with van der Waals surface area (Å²) in [6.45, 7) is 0. The molecule has 0 saturated heterocycles. The summed E-state index contributed by atoms with van der Waals surface area (Å²) in [6, 6.07) is 15.1. The van der Waals surface area contributed by atoms with Gasteiger partial charge in [0.05, 0.1) is 5.69 Å². The number of fused-ring (bicyclic) bond motifs is 3. The maximum atomic E-state index is 12.3. The molecule has 1 amide bonds. The van der Waals surface area contributed by atoms with E-state index in [1.165, 1.54) is 0 Å². The third kappa shape index (κ3) is 2.01. The van der Waals surface area contributed by atoms with Crippen molar-refractivity contribution in [1.29, 1.82) is 0 Å². The Morgan fingerprint density at radius 2 is 1.58 bits per heavy atom. The van der Waals surface area contributed by atoms with Gasteiger partial charge in [-0.15, -0.1) is 12.4 Å². The average Bonchev–Trinajstić information content (AvgIpc) is 2.51. The fourth-order valence-corrected chi connectivity index (χ4v) is 2.47. The van der Waals surface area contributed by atoms with E-state index in [1.807, 2.05) is 48.5 Å². The molecule has 1 unspecified atom stereocenters. The summed E-state index contributed by atoms with van der Waals surface area (Å²) in [4.78, 5) is 13.9. The number of amides is 1. The number of carbonyl (C=O) groups is 1. The molecular weight excluding hydrogens is 260 g/mol. The highest BCUT2D eigenvalue weighted by molar-refractivity contribution is 6.04. The van der Waals surface area contributed by atoms with Crippen LogP contribution in [-0.4, -0.2) is 13.0 Å². The number of para-hydroxylation sites is 1. The van der Waals surface area contributed by atoms with Crippen LogP contribution < -0.4 is 10.6 Å². The van der Waals surface area contributed by atoms with E-state index in [1.54, 1.807) is 11.9 Å². The zero-order valence-electron chi connectivity index (χ0n) is 10.5. The molecule has 3 rings (SSSR count). The summed E-state index contributed by atoms with van der Waals surface area (Å²) in [5.74, 6) is -0.0765. The SMILES string of the molecule is CN1C(=O)C(N)c2ccccc2-c2ccccc21.Cl. The molecule has 1 heterocycles. The maximum Gasteiger partial charge on any atom is 0.248 e. The first-order valence-electron chi connectivity index (χ1n) is 5.91. The van der Waals surface area contributed by atoms with Crippen molar-refractivity contribution in [2.45, 2.75) is 6.04 Å². The topological polar surface area (TPSA) is 46.3 Å². The van der Waals surface area contributed by atoms with Gasteiger partial charge in [0.1, 0.15) is 6.04 Å². The quantitative estimate of drug-likeness (QED) is 0.803. The molecule has 98 valence electrons. The normalized spacial score (nSPS) is 17.1. The van der Waals surface area contributed by atoms with Gasteiger partial charge >= 0.3 is 0 Å². The zero-order chi connectivity index (χ0) is 12.7. The number of hydrogen-bond acceptors (Lipinski definition) is 2. The van der Waals surface area contributed by atoms with Gasteiger partial charge in [0.2, 0.25) is 5.91 Å². The number of nitrogens with zero attached hydrogens (tertiary/aromatic N) is 1. The summed E-state index contributed by atoms with van der Waals surface area (Å²) >= 11 is 0. The molecule has 0 aromatic heterocycles. The fourth-order valence-electron chi connectivity index (χ4n) is 2.47. The van der Waals surface area contributed by atoms with E-state index >= 15 is 0 Å². The molecule has 1 atom stereocenters. The number of hydrogen-bond donors (Lipinski definition) is 1. The first kappa shape index (κ1) is 13.6. The van der Waals surface area contributed by atoms with Crippen LogP contribution in [0.2, 0.25) is 0 Å². The lowest BCUT2D eigenvalue weighted by atomic mass is 9.96. The fraction of sp³-hybridized carbons (Fsp3) is 0.133. The summed E-state index contributed by atoms with van der Waals surface area (Å²) < 4.78 is 0. The molecule has 0 radical (unpaired) electrons. The van der Waals surface area contributed by atoms with E-state index in [4.69, 9.17) is 5.73 Å². The third-order valence-electron chi connectivity index (χ3n) is 3.45. The van der Waals surface area contributed by atoms with Crippen LogP contribution in [-0.2, 0) is 4.79 Å². The van der Waals surface area contributed by atoms with Crippen molar-refractivity contribution in [3.63, 3.8) is 0 Å². The first-order chi connectivity index (χ1) is 8.70. The van der Waals surface area contributed by atoms with Gasteiger partial charge in [0.15, 0.2) is 0 Å². The highest BCUT2D eigenvalue weighted by Crippen LogP contribution is 2.38. The Kier molecular flexibility index (Phi) is 3.60. The second kappa shape index (κ2) is 5.03. The van der Waals surface area contributed by atoms with Crippen LogP contribution in [0.5, 0.6) is 0 Å². The van der Waals surface area contributed by atoms with Crippen LogP contribution in [0.15, 0.2) is 48.5 Å². The van der Waals surface area contributed by atoms with Crippen LogP contribution >= 0.6 is 12.4 Å². The van der Waals surface area contributed by atoms with Gasteiger partial charge in [0, 0.05) is 12.6 Å². The molecule has 1 aliphatic heterocycles. The predicted octanol–water partition coefficient (Wildman–Crippen LogP) is 2.75. The maximum absolute atomic E-state index is 12.3. The van der Waals surface area contributed by atoms with E-state index in [0.717, 1.165) is 22.4 Å². The molecule has 0 aliphatic carbocycles. The second-order valence-corrected chi connectivity index (χ2v) is 4.48. The van der Waals surface area contributed by atoms with Crippen molar-refractivity contribution in [2.75, 3.05) is 11.9 Å². The molecule has 3 nitrogen and oxygen atoms in total. The summed E-state index contributed by atoms with van der Waals surface area (Å²) in [6.07, 6.45) is 0. The van der Waals surface area contributed by atoms with Crippen molar-refractivity contribution < 1.29 is 4.79 Å². The van der Waals surface area contributed by atoms with E-state index < -0.39 is 6.04 Å². The van der Waals surface area contributed by atoms with Gasteiger partial charge in [-0.2, -0.15) is 0 Å². The van der Waals surface area contributed by atoms with E-state index in [-0.39, 0.29) is 18.3 Å². The highest BCUT2D eigenvalue weighted by Gasteiger charge is 2.28. The van der Waals surface area contributed by atoms with Crippen LogP contribution in [0, 0.1) is 0 Å². The molecule has 0 fully saturated rings. The monoisotopic (exact) mass is 274 g/mol. The lowest BCUT2D eigenvalue weighted by Crippen LogP contribution is -2.34. The summed E-state index contributed by atoms with van der Waals surface area (Å²) in [7, 11) is 1.77. The molecule has 19 heavy (non-hydrogen) atoms. The number of likely N-dealkylation sites (N-methyl/N-ethyl adjacent to an activating group) is 1. The Bertz CT molecular complexity index is 574. The molecule has 2 aromatic rings. The largest absolute Gasteiger partial charge is 0.316 e. The minimum absolute atomic E-state index is 0. The first-order valence-corrected chi connectivity index (χ1v) is 5.91. The van der Waals surface area contributed by atoms with Crippen LogP contribution in [0.3, 0.4) is 0 Å². The minimum Gasteiger partial charge on any atom is -0.316 e. The predicted molar refractivity (Wildman–Crippen MR) is 79.5 cm³/mol. The minimum atomic E-state index is -0.599.